The van der Waals surface area contributed by atoms with E-state index in [1.54, 1.807) is 0 Å². The van der Waals surface area contributed by atoms with Gasteiger partial charge in [0.15, 0.2) is 0 Å². The number of rotatable bonds is 5. The van der Waals surface area contributed by atoms with Crippen molar-refractivity contribution in [1.29, 1.82) is 0 Å². The number of nitro benzene ring substituents is 1. The lowest BCUT2D eigenvalue weighted by atomic mass is 10.3. The summed E-state index contributed by atoms with van der Waals surface area (Å²) in [4.78, 5) is 22.3. The zero-order chi connectivity index (χ0) is 17.0. The third kappa shape index (κ3) is 4.40. The summed E-state index contributed by atoms with van der Waals surface area (Å²) in [5, 5.41) is 13.3. The first-order chi connectivity index (χ1) is 10.9. The van der Waals surface area contributed by atoms with Crippen molar-refractivity contribution in [1.82, 2.24) is 0 Å². The van der Waals surface area contributed by atoms with Gasteiger partial charge in [0.2, 0.25) is 5.91 Å². The Labute approximate surface area is 138 Å². The zero-order valence-corrected chi connectivity index (χ0v) is 13.0. The molecule has 23 heavy (non-hydrogen) atoms. The molecule has 0 saturated carbocycles. The van der Waals surface area contributed by atoms with Gasteiger partial charge in [-0.3, -0.25) is 14.9 Å². The van der Waals surface area contributed by atoms with Crippen LogP contribution in [-0.2, 0) is 4.79 Å². The molecule has 5 nitrogen and oxygen atoms in total. The SMILES string of the molecule is O=C(CSc1c(Cl)cccc1[N+](=O)[O-])Nc1ccc(F)cc1F. The van der Waals surface area contributed by atoms with Crippen molar-refractivity contribution in [2.75, 3.05) is 11.1 Å². The van der Waals surface area contributed by atoms with Gasteiger partial charge in [-0.05, 0) is 18.2 Å². The number of hydrogen-bond donors (Lipinski definition) is 1. The number of nitro groups is 1. The van der Waals surface area contributed by atoms with E-state index in [0.29, 0.717) is 6.07 Å². The summed E-state index contributed by atoms with van der Waals surface area (Å²) < 4.78 is 26.2. The molecule has 2 rings (SSSR count). The molecule has 0 fully saturated rings. The highest BCUT2D eigenvalue weighted by Crippen LogP contribution is 2.35. The maximum absolute atomic E-state index is 13.4. The summed E-state index contributed by atoms with van der Waals surface area (Å²) >= 11 is 6.76. The Bertz CT molecular complexity index is 774. The van der Waals surface area contributed by atoms with E-state index < -0.39 is 22.5 Å². The lowest BCUT2D eigenvalue weighted by Gasteiger charge is -2.07. The number of halogens is 3. The van der Waals surface area contributed by atoms with E-state index in [4.69, 9.17) is 11.6 Å². The Morgan fingerprint density at radius 3 is 2.70 bits per heavy atom. The van der Waals surface area contributed by atoms with E-state index in [2.05, 4.69) is 5.32 Å². The fourth-order valence-corrected chi connectivity index (χ4v) is 2.88. The largest absolute Gasteiger partial charge is 0.323 e. The Kier molecular flexibility index (Phi) is 5.51. The number of benzene rings is 2. The molecule has 0 saturated heterocycles. The van der Waals surface area contributed by atoms with Crippen LogP contribution in [0.4, 0.5) is 20.2 Å². The molecule has 0 aliphatic carbocycles. The van der Waals surface area contributed by atoms with Gasteiger partial charge < -0.3 is 5.32 Å². The van der Waals surface area contributed by atoms with Gasteiger partial charge in [0.05, 0.1) is 21.4 Å². The number of amides is 1. The summed E-state index contributed by atoms with van der Waals surface area (Å²) in [6.45, 7) is 0. The van der Waals surface area contributed by atoms with Gasteiger partial charge in [0.25, 0.3) is 5.69 Å². The van der Waals surface area contributed by atoms with Crippen LogP contribution < -0.4 is 5.32 Å². The van der Waals surface area contributed by atoms with E-state index in [1.807, 2.05) is 0 Å². The average Bonchev–Trinajstić information content (AvgIpc) is 2.48. The standard InChI is InChI=1S/C14H9ClF2N2O3S/c15-9-2-1-3-12(19(21)22)14(9)23-7-13(20)18-11-5-4-8(16)6-10(11)17/h1-6H,7H2,(H,18,20). The molecule has 2 aromatic carbocycles. The Balaban J connectivity index is 2.07. The third-order valence-electron chi connectivity index (χ3n) is 2.70. The average molecular weight is 359 g/mol. The van der Waals surface area contributed by atoms with Crippen LogP contribution in [0, 0.1) is 21.7 Å². The molecule has 1 amide bonds. The predicted molar refractivity (Wildman–Crippen MR) is 83.8 cm³/mol. The highest BCUT2D eigenvalue weighted by Gasteiger charge is 2.18. The van der Waals surface area contributed by atoms with Crippen LogP contribution in [0.2, 0.25) is 5.02 Å². The van der Waals surface area contributed by atoms with Crippen LogP contribution in [0.25, 0.3) is 0 Å². The second-order valence-electron chi connectivity index (χ2n) is 4.31. The topological polar surface area (TPSA) is 72.2 Å². The molecular formula is C14H9ClF2N2O3S. The summed E-state index contributed by atoms with van der Waals surface area (Å²) in [6.07, 6.45) is 0. The number of nitrogens with one attached hydrogen (secondary N) is 1. The van der Waals surface area contributed by atoms with Crippen LogP contribution in [0.15, 0.2) is 41.3 Å². The third-order valence-corrected chi connectivity index (χ3v) is 4.25. The van der Waals surface area contributed by atoms with E-state index in [-0.39, 0.29) is 27.0 Å². The maximum Gasteiger partial charge on any atom is 0.284 e. The first-order valence-electron chi connectivity index (χ1n) is 6.19. The molecule has 0 radical (unpaired) electrons. The monoisotopic (exact) mass is 358 g/mol. The molecule has 0 heterocycles. The predicted octanol–water partition coefficient (Wildman–Crippen LogP) is 4.26. The molecule has 2 aromatic rings. The molecule has 0 aromatic heterocycles. The summed E-state index contributed by atoms with van der Waals surface area (Å²) in [5.74, 6) is -2.50. The van der Waals surface area contributed by atoms with Gasteiger partial charge in [-0.25, -0.2) is 8.78 Å². The highest BCUT2D eigenvalue weighted by molar-refractivity contribution is 8.00. The number of nitrogens with zero attached hydrogens (tertiary/aromatic N) is 1. The molecular weight excluding hydrogens is 350 g/mol. The lowest BCUT2D eigenvalue weighted by Crippen LogP contribution is -2.15. The summed E-state index contributed by atoms with van der Waals surface area (Å²) in [6, 6.07) is 6.90. The number of thioether (sulfide) groups is 1. The first kappa shape index (κ1) is 17.2. The van der Waals surface area contributed by atoms with Crippen molar-refractivity contribution in [3.63, 3.8) is 0 Å². The molecule has 9 heteroatoms. The van der Waals surface area contributed by atoms with Crippen molar-refractivity contribution < 1.29 is 18.5 Å². The van der Waals surface area contributed by atoms with Crippen molar-refractivity contribution in [2.24, 2.45) is 0 Å². The summed E-state index contributed by atoms with van der Waals surface area (Å²) in [5.41, 5.74) is -0.395. The minimum Gasteiger partial charge on any atom is -0.323 e. The molecule has 0 spiro atoms. The molecule has 0 unspecified atom stereocenters. The highest BCUT2D eigenvalue weighted by atomic mass is 35.5. The van der Waals surface area contributed by atoms with E-state index in [0.717, 1.165) is 23.9 Å². The number of anilines is 1. The lowest BCUT2D eigenvalue weighted by molar-refractivity contribution is -0.387. The minimum atomic E-state index is -0.910. The Morgan fingerprint density at radius 2 is 2.04 bits per heavy atom. The van der Waals surface area contributed by atoms with Crippen LogP contribution in [-0.4, -0.2) is 16.6 Å². The van der Waals surface area contributed by atoms with Crippen LogP contribution in [0.1, 0.15) is 0 Å². The van der Waals surface area contributed by atoms with E-state index in [9.17, 15) is 23.7 Å². The Morgan fingerprint density at radius 1 is 1.30 bits per heavy atom. The Hall–Kier alpha value is -2.19. The normalized spacial score (nSPS) is 10.4. The molecule has 0 aliphatic rings. The molecule has 0 aliphatic heterocycles. The van der Waals surface area contributed by atoms with Crippen LogP contribution in [0.3, 0.4) is 0 Å². The molecule has 0 bridgehead atoms. The maximum atomic E-state index is 13.4. The quantitative estimate of drug-likeness (QED) is 0.492. The van der Waals surface area contributed by atoms with Crippen molar-refractivity contribution in [3.8, 4) is 0 Å². The molecule has 120 valence electrons. The zero-order valence-electron chi connectivity index (χ0n) is 11.4. The number of carbonyl (C=O) groups is 1. The minimum absolute atomic E-state index is 0.143. The van der Waals surface area contributed by atoms with E-state index >= 15 is 0 Å². The smallest absolute Gasteiger partial charge is 0.284 e. The molecule has 1 N–H and O–H groups in total. The second-order valence-corrected chi connectivity index (χ2v) is 5.70. The summed E-state index contributed by atoms with van der Waals surface area (Å²) in [7, 11) is 0. The van der Waals surface area contributed by atoms with Gasteiger partial charge in [-0.2, -0.15) is 0 Å². The number of carbonyl (C=O) groups excluding carboxylic acids is 1. The van der Waals surface area contributed by atoms with Gasteiger partial charge in [-0.15, -0.1) is 11.8 Å². The molecule has 0 atom stereocenters. The van der Waals surface area contributed by atoms with Gasteiger partial charge in [-0.1, -0.05) is 17.7 Å². The number of hydrogen-bond acceptors (Lipinski definition) is 4. The first-order valence-corrected chi connectivity index (χ1v) is 7.55. The fraction of sp³-hybridized carbons (Fsp3) is 0.0714. The van der Waals surface area contributed by atoms with Crippen molar-refractivity contribution >= 4 is 40.6 Å². The van der Waals surface area contributed by atoms with E-state index in [1.165, 1.54) is 18.2 Å². The van der Waals surface area contributed by atoms with Crippen molar-refractivity contribution in [2.45, 2.75) is 4.90 Å². The van der Waals surface area contributed by atoms with Crippen molar-refractivity contribution in [3.05, 3.63) is 63.2 Å². The van der Waals surface area contributed by atoms with Gasteiger partial charge in [0.1, 0.15) is 16.5 Å². The van der Waals surface area contributed by atoms with Crippen LogP contribution >= 0.6 is 23.4 Å². The fourth-order valence-electron chi connectivity index (χ4n) is 1.70. The van der Waals surface area contributed by atoms with Gasteiger partial charge in [0, 0.05) is 12.1 Å². The second kappa shape index (κ2) is 7.38. The van der Waals surface area contributed by atoms with Gasteiger partial charge >= 0.3 is 0 Å². The van der Waals surface area contributed by atoms with Crippen LogP contribution in [0.5, 0.6) is 0 Å².